The summed E-state index contributed by atoms with van der Waals surface area (Å²) in [5.41, 5.74) is 1.15. The second-order valence-corrected chi connectivity index (χ2v) is 5.96. The Kier molecular flexibility index (Phi) is 4.74. The molecule has 1 N–H and O–H groups in total. The zero-order valence-electron chi connectivity index (χ0n) is 12.6. The number of hydrogen-bond donors (Lipinski definition) is 1. The minimum Gasteiger partial charge on any atom is -0.508 e. The first-order chi connectivity index (χ1) is 10.8. The summed E-state index contributed by atoms with van der Waals surface area (Å²) >= 11 is 1.46. The maximum absolute atomic E-state index is 9.36. The van der Waals surface area contributed by atoms with E-state index >= 15 is 0 Å². The lowest BCUT2D eigenvalue weighted by Crippen LogP contribution is -2.46. The molecule has 118 valence electrons. The highest BCUT2D eigenvalue weighted by molar-refractivity contribution is 7.09. The van der Waals surface area contributed by atoms with E-state index in [0.717, 1.165) is 49.2 Å². The topological polar surface area (TPSA) is 61.7 Å². The van der Waals surface area contributed by atoms with Crippen molar-refractivity contribution in [3.8, 4) is 5.75 Å². The third-order valence-corrected chi connectivity index (χ3v) is 4.57. The molecule has 0 aliphatic carbocycles. The minimum absolute atomic E-state index is 0.305. The fourth-order valence-electron chi connectivity index (χ4n) is 2.49. The molecule has 2 heterocycles. The van der Waals surface area contributed by atoms with Gasteiger partial charge in [-0.3, -0.25) is 0 Å². The number of phenols is 1. The number of aromatic nitrogens is 2. The van der Waals surface area contributed by atoms with Gasteiger partial charge in [0.1, 0.15) is 11.6 Å². The van der Waals surface area contributed by atoms with Crippen LogP contribution in [0.4, 0.5) is 10.8 Å². The van der Waals surface area contributed by atoms with Crippen LogP contribution in [-0.2, 0) is 11.2 Å². The van der Waals surface area contributed by atoms with Crippen molar-refractivity contribution in [1.82, 2.24) is 9.36 Å². The molecule has 1 aromatic carbocycles. The van der Waals surface area contributed by atoms with E-state index in [1.807, 2.05) is 12.1 Å². The number of ether oxygens (including phenoxy) is 1. The van der Waals surface area contributed by atoms with Gasteiger partial charge in [-0.1, -0.05) is 0 Å². The Morgan fingerprint density at radius 1 is 1.14 bits per heavy atom. The van der Waals surface area contributed by atoms with E-state index in [1.165, 1.54) is 11.5 Å². The summed E-state index contributed by atoms with van der Waals surface area (Å²) < 4.78 is 9.44. The van der Waals surface area contributed by atoms with Crippen LogP contribution in [0.3, 0.4) is 0 Å². The second-order valence-electron chi connectivity index (χ2n) is 5.23. The zero-order chi connectivity index (χ0) is 15.4. The Morgan fingerprint density at radius 3 is 2.50 bits per heavy atom. The Balaban J connectivity index is 1.57. The standard InChI is InChI=1S/C15H20N4O2S/c1-21-11-6-14-16-15(22-17-14)19-9-7-18(8-10-19)12-2-4-13(20)5-3-12/h2-5,20H,6-11H2,1H3. The first-order valence-corrected chi connectivity index (χ1v) is 8.14. The van der Waals surface area contributed by atoms with Crippen LogP contribution >= 0.6 is 11.5 Å². The van der Waals surface area contributed by atoms with Crippen molar-refractivity contribution in [1.29, 1.82) is 0 Å². The molecule has 0 unspecified atom stereocenters. The summed E-state index contributed by atoms with van der Waals surface area (Å²) in [4.78, 5) is 9.19. The zero-order valence-corrected chi connectivity index (χ0v) is 13.4. The number of aromatic hydroxyl groups is 1. The van der Waals surface area contributed by atoms with E-state index in [0.29, 0.717) is 12.4 Å². The highest BCUT2D eigenvalue weighted by atomic mass is 32.1. The molecule has 1 aromatic heterocycles. The van der Waals surface area contributed by atoms with Gasteiger partial charge in [0.15, 0.2) is 0 Å². The molecule has 1 aliphatic heterocycles. The first-order valence-electron chi connectivity index (χ1n) is 7.37. The third-order valence-electron chi connectivity index (χ3n) is 3.75. The Morgan fingerprint density at radius 2 is 1.82 bits per heavy atom. The van der Waals surface area contributed by atoms with Crippen LogP contribution in [-0.4, -0.2) is 54.4 Å². The van der Waals surface area contributed by atoms with Gasteiger partial charge in [-0.25, -0.2) is 4.98 Å². The largest absolute Gasteiger partial charge is 0.508 e. The van der Waals surface area contributed by atoms with E-state index in [9.17, 15) is 5.11 Å². The minimum atomic E-state index is 0.305. The van der Waals surface area contributed by atoms with Crippen molar-refractivity contribution in [2.24, 2.45) is 0 Å². The van der Waals surface area contributed by atoms with E-state index in [1.54, 1.807) is 19.2 Å². The second kappa shape index (κ2) is 6.93. The van der Waals surface area contributed by atoms with Gasteiger partial charge in [0, 0.05) is 56.9 Å². The molecule has 22 heavy (non-hydrogen) atoms. The predicted octanol–water partition coefficient (Wildman–Crippen LogP) is 1.76. The van der Waals surface area contributed by atoms with Crippen LogP contribution in [0.2, 0.25) is 0 Å². The highest BCUT2D eigenvalue weighted by Crippen LogP contribution is 2.23. The van der Waals surface area contributed by atoms with Crippen LogP contribution in [0.1, 0.15) is 5.82 Å². The molecule has 7 heteroatoms. The van der Waals surface area contributed by atoms with E-state index < -0.39 is 0 Å². The predicted molar refractivity (Wildman–Crippen MR) is 88.0 cm³/mol. The number of phenolic OH excluding ortho intramolecular Hbond substituents is 1. The van der Waals surface area contributed by atoms with Crippen LogP contribution in [0.25, 0.3) is 0 Å². The van der Waals surface area contributed by atoms with Gasteiger partial charge in [0.25, 0.3) is 0 Å². The summed E-state index contributed by atoms with van der Waals surface area (Å²) in [5.74, 6) is 1.17. The molecule has 0 amide bonds. The quantitative estimate of drug-likeness (QED) is 0.906. The van der Waals surface area contributed by atoms with E-state index in [-0.39, 0.29) is 0 Å². The van der Waals surface area contributed by atoms with Crippen molar-refractivity contribution < 1.29 is 9.84 Å². The SMILES string of the molecule is COCCc1nsc(N2CCN(c3ccc(O)cc3)CC2)n1. The molecule has 0 saturated carbocycles. The number of nitrogens with zero attached hydrogens (tertiary/aromatic N) is 4. The fourth-order valence-corrected chi connectivity index (χ4v) is 3.25. The molecule has 2 aromatic rings. The lowest BCUT2D eigenvalue weighted by Gasteiger charge is -2.35. The van der Waals surface area contributed by atoms with Crippen molar-refractivity contribution in [2.45, 2.75) is 6.42 Å². The van der Waals surface area contributed by atoms with E-state index in [2.05, 4.69) is 19.2 Å². The van der Waals surface area contributed by atoms with Gasteiger partial charge in [0.2, 0.25) is 5.13 Å². The Labute approximate surface area is 134 Å². The lowest BCUT2D eigenvalue weighted by atomic mass is 10.2. The molecule has 1 saturated heterocycles. The number of benzene rings is 1. The summed E-state index contributed by atoms with van der Waals surface area (Å²) in [6.07, 6.45) is 0.764. The van der Waals surface area contributed by atoms with Gasteiger partial charge in [-0.15, -0.1) is 0 Å². The van der Waals surface area contributed by atoms with Crippen LogP contribution in [0.15, 0.2) is 24.3 Å². The summed E-state index contributed by atoms with van der Waals surface area (Å²) in [6, 6.07) is 7.38. The van der Waals surface area contributed by atoms with Crippen LogP contribution in [0.5, 0.6) is 5.75 Å². The van der Waals surface area contributed by atoms with Gasteiger partial charge in [-0.2, -0.15) is 4.37 Å². The first kappa shape index (κ1) is 15.1. The molecule has 1 fully saturated rings. The summed E-state index contributed by atoms with van der Waals surface area (Å²) in [6.45, 7) is 4.40. The van der Waals surface area contributed by atoms with Crippen molar-refractivity contribution in [3.05, 3.63) is 30.1 Å². The van der Waals surface area contributed by atoms with Gasteiger partial charge in [0.05, 0.1) is 6.61 Å². The monoisotopic (exact) mass is 320 g/mol. The fraction of sp³-hybridized carbons (Fsp3) is 0.467. The molecule has 0 radical (unpaired) electrons. The average molecular weight is 320 g/mol. The maximum atomic E-state index is 9.36. The molecule has 1 aliphatic rings. The molecule has 3 rings (SSSR count). The number of anilines is 2. The van der Waals surface area contributed by atoms with Gasteiger partial charge >= 0.3 is 0 Å². The maximum Gasteiger partial charge on any atom is 0.205 e. The van der Waals surface area contributed by atoms with Gasteiger partial charge < -0.3 is 19.6 Å². The van der Waals surface area contributed by atoms with Crippen molar-refractivity contribution in [3.63, 3.8) is 0 Å². The summed E-state index contributed by atoms with van der Waals surface area (Å²) in [5, 5.41) is 10.4. The lowest BCUT2D eigenvalue weighted by molar-refractivity contribution is 0.201. The normalized spacial score (nSPS) is 15.3. The molecule has 0 bridgehead atoms. The Hall–Kier alpha value is -1.86. The van der Waals surface area contributed by atoms with Crippen molar-refractivity contribution in [2.75, 3.05) is 49.7 Å². The van der Waals surface area contributed by atoms with E-state index in [4.69, 9.17) is 4.74 Å². The third kappa shape index (κ3) is 3.48. The number of rotatable bonds is 5. The molecular weight excluding hydrogens is 300 g/mol. The Bertz CT molecular complexity index is 594. The van der Waals surface area contributed by atoms with Gasteiger partial charge in [-0.05, 0) is 24.3 Å². The number of hydrogen-bond acceptors (Lipinski definition) is 7. The highest BCUT2D eigenvalue weighted by Gasteiger charge is 2.20. The van der Waals surface area contributed by atoms with Crippen molar-refractivity contribution >= 4 is 22.4 Å². The van der Waals surface area contributed by atoms with Crippen LogP contribution < -0.4 is 9.80 Å². The molecular formula is C15H20N4O2S. The average Bonchev–Trinajstić information content (AvgIpc) is 3.03. The van der Waals surface area contributed by atoms with Crippen LogP contribution in [0, 0.1) is 0 Å². The molecule has 0 atom stereocenters. The number of piperazine rings is 1. The number of methoxy groups -OCH3 is 1. The smallest absolute Gasteiger partial charge is 0.205 e. The summed E-state index contributed by atoms with van der Waals surface area (Å²) in [7, 11) is 1.69. The molecule has 0 spiro atoms. The molecule has 6 nitrogen and oxygen atoms in total.